The van der Waals surface area contributed by atoms with Crippen LogP contribution in [0.1, 0.15) is 57.4 Å². The van der Waals surface area contributed by atoms with Crippen LogP contribution in [0.3, 0.4) is 0 Å². The summed E-state index contributed by atoms with van der Waals surface area (Å²) in [6, 6.07) is 7.72. The number of carbonyl (C=O) groups is 1. The average Bonchev–Trinajstić information content (AvgIpc) is 2.42. The topological polar surface area (TPSA) is 52.3 Å². The summed E-state index contributed by atoms with van der Waals surface area (Å²) in [6.45, 7) is 4.23. The molecule has 3 heteroatoms. The summed E-state index contributed by atoms with van der Waals surface area (Å²) in [5, 5.41) is 0. The third-order valence-electron chi connectivity index (χ3n) is 4.29. The lowest BCUT2D eigenvalue weighted by Gasteiger charge is -2.28. The van der Waals surface area contributed by atoms with Crippen molar-refractivity contribution in [3.63, 3.8) is 0 Å². The quantitative estimate of drug-likeness (QED) is 0.670. The van der Waals surface area contributed by atoms with E-state index in [0.717, 1.165) is 17.7 Å². The number of esters is 1. The number of rotatable bonds is 4. The van der Waals surface area contributed by atoms with Crippen LogP contribution < -0.4 is 5.73 Å². The Balaban J connectivity index is 1.85. The molecule has 1 aromatic rings. The van der Waals surface area contributed by atoms with Gasteiger partial charge in [0.05, 0.1) is 6.42 Å². The fraction of sp³-hybridized carbons (Fsp3) is 0.588. The molecule has 3 atom stereocenters. The van der Waals surface area contributed by atoms with E-state index in [0.29, 0.717) is 12.3 Å². The highest BCUT2D eigenvalue weighted by Gasteiger charge is 2.25. The molecule has 0 bridgehead atoms. The zero-order valence-electron chi connectivity index (χ0n) is 12.5. The summed E-state index contributed by atoms with van der Waals surface area (Å²) in [5.74, 6) is 0.592. The Morgan fingerprint density at radius 3 is 2.60 bits per heavy atom. The molecule has 1 saturated carbocycles. The highest BCUT2D eigenvalue weighted by Crippen LogP contribution is 2.28. The predicted molar refractivity (Wildman–Crippen MR) is 81.4 cm³/mol. The largest absolute Gasteiger partial charge is 0.462 e. The van der Waals surface area contributed by atoms with E-state index in [1.54, 1.807) is 0 Å². The normalized spacial score (nSPS) is 24.1. The first-order valence-electron chi connectivity index (χ1n) is 7.61. The molecule has 2 N–H and O–H groups in total. The van der Waals surface area contributed by atoms with Crippen molar-refractivity contribution in [1.82, 2.24) is 0 Å². The third-order valence-corrected chi connectivity index (χ3v) is 4.29. The van der Waals surface area contributed by atoms with Crippen molar-refractivity contribution in [1.29, 1.82) is 0 Å². The monoisotopic (exact) mass is 275 g/mol. The van der Waals surface area contributed by atoms with Gasteiger partial charge in [-0.3, -0.25) is 4.79 Å². The minimum Gasteiger partial charge on any atom is -0.462 e. The van der Waals surface area contributed by atoms with E-state index in [1.807, 2.05) is 24.3 Å². The molecule has 2 rings (SSSR count). The van der Waals surface area contributed by atoms with E-state index >= 15 is 0 Å². The number of hydrogen-bond donors (Lipinski definition) is 1. The van der Waals surface area contributed by atoms with Crippen LogP contribution in [-0.2, 0) is 9.53 Å². The molecule has 0 aromatic heterocycles. The van der Waals surface area contributed by atoms with Gasteiger partial charge in [0.2, 0.25) is 0 Å². The van der Waals surface area contributed by atoms with Crippen LogP contribution >= 0.6 is 0 Å². The van der Waals surface area contributed by atoms with Crippen molar-refractivity contribution in [3.05, 3.63) is 29.8 Å². The minimum atomic E-state index is -0.0759. The van der Waals surface area contributed by atoms with Crippen LogP contribution in [-0.4, -0.2) is 12.1 Å². The van der Waals surface area contributed by atoms with Crippen LogP contribution in [0.25, 0.3) is 0 Å². The molecule has 1 aliphatic carbocycles. The summed E-state index contributed by atoms with van der Waals surface area (Å²) in [4.78, 5) is 12.1. The molecule has 0 spiro atoms. The number of ether oxygens (including phenoxy) is 1. The first-order chi connectivity index (χ1) is 9.56. The van der Waals surface area contributed by atoms with Crippen molar-refractivity contribution >= 4 is 11.7 Å². The maximum absolute atomic E-state index is 12.1. The van der Waals surface area contributed by atoms with Crippen LogP contribution in [0.15, 0.2) is 24.3 Å². The Morgan fingerprint density at radius 1 is 1.30 bits per heavy atom. The molecule has 0 heterocycles. The Labute approximate surface area is 121 Å². The summed E-state index contributed by atoms with van der Waals surface area (Å²) in [5.41, 5.74) is 7.56. The molecule has 110 valence electrons. The van der Waals surface area contributed by atoms with Gasteiger partial charge >= 0.3 is 5.97 Å². The predicted octanol–water partition coefficient (Wildman–Crippen LogP) is 3.88. The summed E-state index contributed by atoms with van der Waals surface area (Å²) < 4.78 is 5.66. The van der Waals surface area contributed by atoms with Gasteiger partial charge in [-0.1, -0.05) is 32.4 Å². The van der Waals surface area contributed by atoms with Crippen molar-refractivity contribution < 1.29 is 9.53 Å². The lowest BCUT2D eigenvalue weighted by atomic mass is 9.88. The van der Waals surface area contributed by atoms with Gasteiger partial charge in [0.15, 0.2) is 0 Å². The summed E-state index contributed by atoms with van der Waals surface area (Å²) in [7, 11) is 0. The zero-order chi connectivity index (χ0) is 14.5. The molecule has 3 unspecified atom stereocenters. The van der Waals surface area contributed by atoms with Crippen molar-refractivity contribution in [2.75, 3.05) is 5.73 Å². The maximum Gasteiger partial charge on any atom is 0.306 e. The minimum absolute atomic E-state index is 0.0759. The van der Waals surface area contributed by atoms with Crippen molar-refractivity contribution in [3.8, 4) is 0 Å². The van der Waals surface area contributed by atoms with Gasteiger partial charge in [0, 0.05) is 5.69 Å². The van der Waals surface area contributed by atoms with Gasteiger partial charge in [-0.2, -0.15) is 0 Å². The molecule has 20 heavy (non-hydrogen) atoms. The molecule has 1 aromatic carbocycles. The number of nitrogen functional groups attached to an aromatic ring is 1. The Bertz CT molecular complexity index is 441. The van der Waals surface area contributed by atoms with Crippen LogP contribution in [0, 0.1) is 5.92 Å². The Kier molecular flexibility index (Phi) is 5.05. The van der Waals surface area contributed by atoms with Crippen LogP contribution in [0.5, 0.6) is 0 Å². The van der Waals surface area contributed by atoms with Gasteiger partial charge in [0.1, 0.15) is 6.10 Å². The SMILES string of the molecule is CC(CC(=O)OC1CCCCC1C)c1ccc(N)cc1. The first-order valence-corrected chi connectivity index (χ1v) is 7.61. The molecule has 1 aliphatic rings. The number of anilines is 1. The van der Waals surface area contributed by atoms with E-state index in [-0.39, 0.29) is 18.0 Å². The second-order valence-electron chi connectivity index (χ2n) is 6.06. The van der Waals surface area contributed by atoms with Gasteiger partial charge < -0.3 is 10.5 Å². The molecule has 0 saturated heterocycles. The molecular formula is C17H25NO2. The molecular weight excluding hydrogens is 250 g/mol. The van der Waals surface area contributed by atoms with Crippen molar-refractivity contribution in [2.45, 2.75) is 58.0 Å². The fourth-order valence-electron chi connectivity index (χ4n) is 2.87. The number of hydrogen-bond acceptors (Lipinski definition) is 3. The Morgan fingerprint density at radius 2 is 1.95 bits per heavy atom. The Hall–Kier alpha value is -1.51. The molecule has 0 amide bonds. The van der Waals surface area contributed by atoms with E-state index in [2.05, 4.69) is 13.8 Å². The van der Waals surface area contributed by atoms with E-state index in [4.69, 9.17) is 10.5 Å². The van der Waals surface area contributed by atoms with E-state index in [1.165, 1.54) is 19.3 Å². The van der Waals surface area contributed by atoms with Gasteiger partial charge in [-0.05, 0) is 48.8 Å². The van der Waals surface area contributed by atoms with Gasteiger partial charge in [-0.15, -0.1) is 0 Å². The standard InChI is InChI=1S/C17H25NO2/c1-12-5-3-4-6-16(12)20-17(19)11-13(2)14-7-9-15(18)10-8-14/h7-10,12-13,16H,3-6,11,18H2,1-2H3. The average molecular weight is 275 g/mol. The number of carbonyl (C=O) groups excluding carboxylic acids is 1. The lowest BCUT2D eigenvalue weighted by Crippen LogP contribution is -2.28. The zero-order valence-corrected chi connectivity index (χ0v) is 12.5. The second kappa shape index (κ2) is 6.78. The van der Waals surface area contributed by atoms with E-state index in [9.17, 15) is 4.79 Å². The molecule has 1 fully saturated rings. The van der Waals surface area contributed by atoms with Gasteiger partial charge in [-0.25, -0.2) is 0 Å². The highest BCUT2D eigenvalue weighted by molar-refractivity contribution is 5.70. The third kappa shape index (κ3) is 3.99. The van der Waals surface area contributed by atoms with E-state index < -0.39 is 0 Å². The number of nitrogens with two attached hydrogens (primary N) is 1. The molecule has 3 nitrogen and oxygen atoms in total. The second-order valence-corrected chi connectivity index (χ2v) is 6.06. The smallest absolute Gasteiger partial charge is 0.306 e. The van der Waals surface area contributed by atoms with Gasteiger partial charge in [0.25, 0.3) is 0 Å². The van der Waals surface area contributed by atoms with Crippen molar-refractivity contribution in [2.24, 2.45) is 5.92 Å². The first kappa shape index (κ1) is 14.9. The van der Waals surface area contributed by atoms with Crippen LogP contribution in [0.2, 0.25) is 0 Å². The fourth-order valence-corrected chi connectivity index (χ4v) is 2.87. The highest BCUT2D eigenvalue weighted by atomic mass is 16.5. The summed E-state index contributed by atoms with van der Waals surface area (Å²) >= 11 is 0. The number of benzene rings is 1. The van der Waals surface area contributed by atoms with Crippen LogP contribution in [0.4, 0.5) is 5.69 Å². The summed E-state index contributed by atoms with van der Waals surface area (Å²) in [6.07, 6.45) is 5.18. The maximum atomic E-state index is 12.1. The lowest BCUT2D eigenvalue weighted by molar-refractivity contribution is -0.153. The molecule has 0 radical (unpaired) electrons. The molecule has 0 aliphatic heterocycles.